The van der Waals surface area contributed by atoms with E-state index in [1.54, 1.807) is 31.3 Å². The third-order valence-electron chi connectivity index (χ3n) is 2.61. The van der Waals surface area contributed by atoms with Crippen molar-refractivity contribution in [3.05, 3.63) is 53.8 Å². The largest absolute Gasteiger partial charge is 0.454 e. The maximum absolute atomic E-state index is 13.4. The van der Waals surface area contributed by atoms with E-state index in [2.05, 4.69) is 0 Å². The summed E-state index contributed by atoms with van der Waals surface area (Å²) in [4.78, 5) is 0. The zero-order valence-electron chi connectivity index (χ0n) is 10.4. The lowest BCUT2D eigenvalue weighted by molar-refractivity contribution is 0.442. The Morgan fingerprint density at radius 2 is 1.89 bits per heavy atom. The standard InChI is InChI=1S/C14H15FN2O/c1-10-9-11(7-8-13(10)17(2)16)18-14-6-4-3-5-12(14)15/h3-9H,16H2,1-2H3. The Kier molecular flexibility index (Phi) is 3.48. The molecule has 18 heavy (non-hydrogen) atoms. The van der Waals surface area contributed by atoms with Crippen LogP contribution in [0.1, 0.15) is 5.56 Å². The average molecular weight is 246 g/mol. The molecule has 0 unspecified atom stereocenters. The maximum Gasteiger partial charge on any atom is 0.165 e. The first kappa shape index (κ1) is 12.4. The number of hydrogen-bond donors (Lipinski definition) is 1. The molecule has 2 aromatic carbocycles. The number of rotatable bonds is 3. The van der Waals surface area contributed by atoms with Crippen LogP contribution in [-0.4, -0.2) is 7.05 Å². The zero-order valence-corrected chi connectivity index (χ0v) is 10.4. The van der Waals surface area contributed by atoms with Crippen LogP contribution in [0.3, 0.4) is 0 Å². The van der Waals surface area contributed by atoms with Crippen LogP contribution in [0.5, 0.6) is 11.5 Å². The molecule has 0 saturated heterocycles. The van der Waals surface area contributed by atoms with Crippen molar-refractivity contribution in [3.8, 4) is 11.5 Å². The summed E-state index contributed by atoms with van der Waals surface area (Å²) in [5, 5.41) is 1.53. The molecule has 0 heterocycles. The fraction of sp³-hybridized carbons (Fsp3) is 0.143. The lowest BCUT2D eigenvalue weighted by Gasteiger charge is -2.16. The first-order valence-electron chi connectivity index (χ1n) is 5.59. The number of para-hydroxylation sites is 1. The monoisotopic (exact) mass is 246 g/mol. The van der Waals surface area contributed by atoms with E-state index in [1.165, 1.54) is 11.1 Å². The third-order valence-corrected chi connectivity index (χ3v) is 2.61. The number of nitrogens with two attached hydrogens (primary N) is 1. The molecule has 0 aromatic heterocycles. The highest BCUT2D eigenvalue weighted by atomic mass is 19.1. The molecule has 0 spiro atoms. The Balaban J connectivity index is 2.26. The number of aryl methyl sites for hydroxylation is 1. The number of hydrogen-bond acceptors (Lipinski definition) is 3. The van der Waals surface area contributed by atoms with Gasteiger partial charge in [0.15, 0.2) is 11.6 Å². The molecule has 0 aliphatic carbocycles. The van der Waals surface area contributed by atoms with E-state index in [1.807, 2.05) is 19.1 Å². The van der Waals surface area contributed by atoms with Crippen LogP contribution in [0.15, 0.2) is 42.5 Å². The zero-order chi connectivity index (χ0) is 13.1. The van der Waals surface area contributed by atoms with E-state index in [9.17, 15) is 4.39 Å². The number of benzene rings is 2. The minimum absolute atomic E-state index is 0.214. The van der Waals surface area contributed by atoms with E-state index >= 15 is 0 Å². The minimum atomic E-state index is -0.379. The van der Waals surface area contributed by atoms with Gasteiger partial charge in [-0.25, -0.2) is 10.2 Å². The van der Waals surface area contributed by atoms with Crippen molar-refractivity contribution in [2.45, 2.75) is 6.92 Å². The topological polar surface area (TPSA) is 38.5 Å². The fourth-order valence-electron chi connectivity index (χ4n) is 1.74. The van der Waals surface area contributed by atoms with Crippen LogP contribution in [-0.2, 0) is 0 Å². The average Bonchev–Trinajstić information content (AvgIpc) is 2.32. The molecule has 3 nitrogen and oxygen atoms in total. The summed E-state index contributed by atoms with van der Waals surface area (Å²) in [6.45, 7) is 1.92. The van der Waals surface area contributed by atoms with Crippen molar-refractivity contribution in [1.29, 1.82) is 0 Å². The van der Waals surface area contributed by atoms with Gasteiger partial charge < -0.3 is 9.75 Å². The van der Waals surface area contributed by atoms with Crippen molar-refractivity contribution in [2.24, 2.45) is 5.84 Å². The van der Waals surface area contributed by atoms with E-state index < -0.39 is 0 Å². The van der Waals surface area contributed by atoms with Crippen LogP contribution < -0.4 is 15.6 Å². The number of ether oxygens (including phenoxy) is 1. The number of nitrogens with zero attached hydrogens (tertiary/aromatic N) is 1. The predicted octanol–water partition coefficient (Wildman–Crippen LogP) is 3.24. The van der Waals surface area contributed by atoms with Gasteiger partial charge in [-0.3, -0.25) is 0 Å². The smallest absolute Gasteiger partial charge is 0.165 e. The fourth-order valence-corrected chi connectivity index (χ4v) is 1.74. The van der Waals surface area contributed by atoms with Crippen molar-refractivity contribution >= 4 is 5.69 Å². The normalized spacial score (nSPS) is 10.2. The van der Waals surface area contributed by atoms with Crippen molar-refractivity contribution < 1.29 is 9.13 Å². The lowest BCUT2D eigenvalue weighted by atomic mass is 10.2. The first-order valence-corrected chi connectivity index (χ1v) is 5.59. The Morgan fingerprint density at radius 1 is 1.17 bits per heavy atom. The quantitative estimate of drug-likeness (QED) is 0.667. The molecule has 0 fully saturated rings. The Labute approximate surface area is 106 Å². The van der Waals surface area contributed by atoms with Crippen LogP contribution in [0.4, 0.5) is 10.1 Å². The van der Waals surface area contributed by atoms with Gasteiger partial charge in [0.25, 0.3) is 0 Å². The second-order valence-corrected chi connectivity index (χ2v) is 4.09. The van der Waals surface area contributed by atoms with Crippen molar-refractivity contribution in [1.82, 2.24) is 0 Å². The van der Waals surface area contributed by atoms with Crippen molar-refractivity contribution in [3.63, 3.8) is 0 Å². The highest BCUT2D eigenvalue weighted by Crippen LogP contribution is 2.28. The van der Waals surface area contributed by atoms with Gasteiger partial charge in [0.2, 0.25) is 0 Å². The molecule has 0 aliphatic heterocycles. The van der Waals surface area contributed by atoms with Gasteiger partial charge in [-0.2, -0.15) is 0 Å². The molecule has 0 atom stereocenters. The molecule has 4 heteroatoms. The van der Waals surface area contributed by atoms with Crippen LogP contribution in [0.2, 0.25) is 0 Å². The molecular formula is C14H15FN2O. The second-order valence-electron chi connectivity index (χ2n) is 4.09. The molecule has 0 saturated carbocycles. The summed E-state index contributed by atoms with van der Waals surface area (Å²) in [5.74, 6) is 6.09. The Bertz CT molecular complexity index is 555. The van der Waals surface area contributed by atoms with Gasteiger partial charge in [0.05, 0.1) is 5.69 Å². The molecule has 0 bridgehead atoms. The van der Waals surface area contributed by atoms with Gasteiger partial charge in [-0.15, -0.1) is 0 Å². The van der Waals surface area contributed by atoms with Crippen molar-refractivity contribution in [2.75, 3.05) is 12.1 Å². The number of hydrazine groups is 1. The van der Waals surface area contributed by atoms with Crippen LogP contribution in [0.25, 0.3) is 0 Å². The first-order chi connectivity index (χ1) is 8.58. The van der Waals surface area contributed by atoms with E-state index in [-0.39, 0.29) is 11.6 Å². The summed E-state index contributed by atoms with van der Waals surface area (Å²) in [6.07, 6.45) is 0. The van der Waals surface area contributed by atoms with Gasteiger partial charge in [0, 0.05) is 7.05 Å². The molecule has 0 radical (unpaired) electrons. The van der Waals surface area contributed by atoms with E-state index in [0.29, 0.717) is 5.75 Å². The molecule has 0 aliphatic rings. The molecular weight excluding hydrogens is 231 g/mol. The summed E-state index contributed by atoms with van der Waals surface area (Å²) >= 11 is 0. The Morgan fingerprint density at radius 3 is 2.50 bits per heavy atom. The van der Waals surface area contributed by atoms with Gasteiger partial charge in [-0.05, 0) is 42.8 Å². The molecule has 2 aromatic rings. The van der Waals surface area contributed by atoms with E-state index in [0.717, 1.165) is 11.3 Å². The molecule has 0 amide bonds. The second kappa shape index (κ2) is 5.06. The summed E-state index contributed by atoms with van der Waals surface area (Å²) in [5.41, 5.74) is 1.87. The summed E-state index contributed by atoms with van der Waals surface area (Å²) in [7, 11) is 1.76. The molecule has 94 valence electrons. The van der Waals surface area contributed by atoms with E-state index in [4.69, 9.17) is 10.6 Å². The van der Waals surface area contributed by atoms with Crippen LogP contribution in [0, 0.1) is 12.7 Å². The summed E-state index contributed by atoms with van der Waals surface area (Å²) in [6, 6.07) is 11.7. The third kappa shape index (κ3) is 2.60. The SMILES string of the molecule is Cc1cc(Oc2ccccc2F)ccc1N(C)N. The number of halogens is 1. The minimum Gasteiger partial charge on any atom is -0.454 e. The maximum atomic E-state index is 13.4. The molecule has 2 N–H and O–H groups in total. The summed E-state index contributed by atoms with van der Waals surface area (Å²) < 4.78 is 18.9. The lowest BCUT2D eigenvalue weighted by Crippen LogP contribution is -2.25. The highest BCUT2D eigenvalue weighted by molar-refractivity contribution is 5.54. The molecule has 2 rings (SSSR count). The number of anilines is 1. The predicted molar refractivity (Wildman–Crippen MR) is 70.2 cm³/mol. The Hall–Kier alpha value is -2.07. The highest BCUT2D eigenvalue weighted by Gasteiger charge is 2.06. The van der Waals surface area contributed by atoms with Crippen LogP contribution >= 0.6 is 0 Å². The van der Waals surface area contributed by atoms with Gasteiger partial charge in [0.1, 0.15) is 5.75 Å². The van der Waals surface area contributed by atoms with Gasteiger partial charge in [-0.1, -0.05) is 12.1 Å². The van der Waals surface area contributed by atoms with Gasteiger partial charge >= 0.3 is 0 Å².